The zero-order chi connectivity index (χ0) is 9.80. The van der Waals surface area contributed by atoms with Gasteiger partial charge in [0.2, 0.25) is 0 Å². The number of nitrogens with zero attached hydrogens (tertiary/aromatic N) is 2. The molecule has 0 aliphatic rings. The minimum absolute atomic E-state index is 0.509. The van der Waals surface area contributed by atoms with Crippen LogP contribution in [0.2, 0.25) is 0 Å². The van der Waals surface area contributed by atoms with Gasteiger partial charge in [0.1, 0.15) is 17.5 Å². The topological polar surface area (TPSA) is 79.6 Å². The molecule has 0 bridgehead atoms. The van der Waals surface area contributed by atoms with Gasteiger partial charge in [-0.25, -0.2) is 9.97 Å². The summed E-state index contributed by atoms with van der Waals surface area (Å²) in [5, 5.41) is 3.10. The number of pyridine rings is 1. The maximum Gasteiger partial charge on any atom is 0.128 e. The van der Waals surface area contributed by atoms with E-state index in [1.54, 1.807) is 18.5 Å². The van der Waals surface area contributed by atoms with Crippen LogP contribution in [0.4, 0.5) is 11.6 Å². The van der Waals surface area contributed by atoms with E-state index in [4.69, 9.17) is 5.73 Å². The third kappa shape index (κ3) is 2.01. The van der Waals surface area contributed by atoms with Crippen molar-refractivity contribution in [2.75, 3.05) is 11.1 Å². The van der Waals surface area contributed by atoms with Crippen LogP contribution in [0, 0.1) is 0 Å². The molecular formula is C9H11N5. The fourth-order valence-electron chi connectivity index (χ4n) is 1.12. The van der Waals surface area contributed by atoms with Gasteiger partial charge in [-0.1, -0.05) is 6.07 Å². The maximum atomic E-state index is 5.53. The van der Waals surface area contributed by atoms with Crippen LogP contribution < -0.4 is 11.1 Å². The fraction of sp³-hybridized carbons (Fsp3) is 0.111. The third-order valence-corrected chi connectivity index (χ3v) is 1.76. The van der Waals surface area contributed by atoms with E-state index in [0.717, 1.165) is 11.6 Å². The Morgan fingerprint density at radius 1 is 1.43 bits per heavy atom. The van der Waals surface area contributed by atoms with Gasteiger partial charge >= 0.3 is 0 Å². The van der Waals surface area contributed by atoms with E-state index in [2.05, 4.69) is 20.3 Å². The third-order valence-electron chi connectivity index (χ3n) is 1.76. The second-order valence-corrected chi connectivity index (χ2v) is 2.84. The predicted molar refractivity (Wildman–Crippen MR) is 54.6 cm³/mol. The van der Waals surface area contributed by atoms with E-state index in [0.29, 0.717) is 12.4 Å². The van der Waals surface area contributed by atoms with Crippen LogP contribution in [0.3, 0.4) is 0 Å². The van der Waals surface area contributed by atoms with E-state index < -0.39 is 0 Å². The Kier molecular flexibility index (Phi) is 2.31. The van der Waals surface area contributed by atoms with Gasteiger partial charge in [0.05, 0.1) is 6.54 Å². The number of aromatic amines is 1. The molecule has 2 heterocycles. The maximum absolute atomic E-state index is 5.53. The van der Waals surface area contributed by atoms with E-state index in [1.165, 1.54) is 0 Å². The van der Waals surface area contributed by atoms with Crippen molar-refractivity contribution in [3.63, 3.8) is 0 Å². The van der Waals surface area contributed by atoms with Crippen LogP contribution in [0.25, 0.3) is 0 Å². The lowest BCUT2D eigenvalue weighted by molar-refractivity contribution is 0.989. The monoisotopic (exact) mass is 189 g/mol. The molecule has 0 aliphatic heterocycles. The molecule has 14 heavy (non-hydrogen) atoms. The first-order valence-corrected chi connectivity index (χ1v) is 4.29. The van der Waals surface area contributed by atoms with Crippen molar-refractivity contribution < 1.29 is 0 Å². The zero-order valence-corrected chi connectivity index (χ0v) is 7.57. The molecule has 5 nitrogen and oxygen atoms in total. The highest BCUT2D eigenvalue weighted by Crippen LogP contribution is 2.06. The van der Waals surface area contributed by atoms with Gasteiger partial charge in [-0.15, -0.1) is 0 Å². The highest BCUT2D eigenvalue weighted by atomic mass is 15.0. The van der Waals surface area contributed by atoms with Crippen LogP contribution in [0.1, 0.15) is 5.82 Å². The standard InChI is InChI=1S/C9H11N5/c10-7-2-1-3-8(14-7)13-6-9-11-4-5-12-9/h1-5H,6H2,(H,11,12)(H3,10,13,14). The van der Waals surface area contributed by atoms with E-state index in [-0.39, 0.29) is 0 Å². The molecule has 0 unspecified atom stereocenters. The van der Waals surface area contributed by atoms with Gasteiger partial charge in [-0.2, -0.15) is 0 Å². The summed E-state index contributed by atoms with van der Waals surface area (Å²) < 4.78 is 0. The number of hydrogen-bond donors (Lipinski definition) is 3. The van der Waals surface area contributed by atoms with Crippen molar-refractivity contribution in [2.45, 2.75) is 6.54 Å². The van der Waals surface area contributed by atoms with Crippen LogP contribution in [0.15, 0.2) is 30.6 Å². The van der Waals surface area contributed by atoms with E-state index in [1.807, 2.05) is 12.1 Å². The molecule has 2 rings (SSSR count). The largest absolute Gasteiger partial charge is 0.384 e. The molecule has 5 heteroatoms. The smallest absolute Gasteiger partial charge is 0.128 e. The average molecular weight is 189 g/mol. The number of imidazole rings is 1. The van der Waals surface area contributed by atoms with Crippen molar-refractivity contribution in [3.05, 3.63) is 36.4 Å². The van der Waals surface area contributed by atoms with Crippen molar-refractivity contribution in [1.82, 2.24) is 15.0 Å². The van der Waals surface area contributed by atoms with Gasteiger partial charge in [-0.3, -0.25) is 0 Å². The van der Waals surface area contributed by atoms with Crippen molar-refractivity contribution >= 4 is 11.6 Å². The summed E-state index contributed by atoms with van der Waals surface area (Å²) in [5.74, 6) is 2.13. The first kappa shape index (κ1) is 8.55. The number of H-pyrrole nitrogens is 1. The lowest BCUT2D eigenvalue weighted by atomic mass is 10.4. The van der Waals surface area contributed by atoms with Crippen LogP contribution >= 0.6 is 0 Å². The molecule has 2 aromatic heterocycles. The minimum atomic E-state index is 0.509. The minimum Gasteiger partial charge on any atom is -0.384 e. The number of nitrogen functional groups attached to an aromatic ring is 1. The first-order valence-electron chi connectivity index (χ1n) is 4.29. The molecule has 0 atom stereocenters. The fourth-order valence-corrected chi connectivity index (χ4v) is 1.12. The molecule has 0 saturated carbocycles. The Balaban J connectivity index is 1.98. The number of nitrogens with one attached hydrogen (secondary N) is 2. The summed E-state index contributed by atoms with van der Waals surface area (Å²) in [4.78, 5) is 11.2. The van der Waals surface area contributed by atoms with Crippen LogP contribution in [0.5, 0.6) is 0 Å². The summed E-state index contributed by atoms with van der Waals surface area (Å²) in [7, 11) is 0. The SMILES string of the molecule is Nc1cccc(NCc2ncc[nH]2)n1. The Morgan fingerprint density at radius 2 is 2.36 bits per heavy atom. The van der Waals surface area contributed by atoms with Gasteiger partial charge in [0, 0.05) is 12.4 Å². The molecule has 0 amide bonds. The van der Waals surface area contributed by atoms with Crippen LogP contribution in [-0.2, 0) is 6.54 Å². The number of rotatable bonds is 3. The Morgan fingerprint density at radius 3 is 3.07 bits per heavy atom. The Labute approximate surface area is 81.4 Å². The van der Waals surface area contributed by atoms with E-state index in [9.17, 15) is 0 Å². The highest BCUT2D eigenvalue weighted by Gasteiger charge is 1.96. The van der Waals surface area contributed by atoms with Crippen molar-refractivity contribution in [1.29, 1.82) is 0 Å². The lowest BCUT2D eigenvalue weighted by Gasteiger charge is -2.03. The molecule has 2 aromatic rings. The second kappa shape index (κ2) is 3.78. The molecular weight excluding hydrogens is 178 g/mol. The molecule has 0 radical (unpaired) electrons. The average Bonchev–Trinajstić information content (AvgIpc) is 2.67. The number of anilines is 2. The van der Waals surface area contributed by atoms with Gasteiger partial charge in [-0.05, 0) is 12.1 Å². The summed E-state index contributed by atoms with van der Waals surface area (Å²) in [5.41, 5.74) is 5.53. The quantitative estimate of drug-likeness (QED) is 0.673. The molecule has 0 aliphatic carbocycles. The summed E-state index contributed by atoms with van der Waals surface area (Å²) in [6.07, 6.45) is 3.49. The van der Waals surface area contributed by atoms with E-state index >= 15 is 0 Å². The number of nitrogens with two attached hydrogens (primary N) is 1. The Bertz CT molecular complexity index is 395. The van der Waals surface area contributed by atoms with Gasteiger partial charge < -0.3 is 16.0 Å². The molecule has 0 saturated heterocycles. The lowest BCUT2D eigenvalue weighted by Crippen LogP contribution is -2.03. The molecule has 0 spiro atoms. The molecule has 0 aromatic carbocycles. The van der Waals surface area contributed by atoms with Crippen molar-refractivity contribution in [2.24, 2.45) is 0 Å². The highest BCUT2D eigenvalue weighted by molar-refractivity contribution is 5.42. The predicted octanol–water partition coefficient (Wildman–Crippen LogP) is 0.999. The molecule has 72 valence electrons. The molecule has 4 N–H and O–H groups in total. The molecule has 0 fully saturated rings. The number of hydrogen-bond acceptors (Lipinski definition) is 4. The Hall–Kier alpha value is -2.04. The summed E-state index contributed by atoms with van der Waals surface area (Å²) >= 11 is 0. The van der Waals surface area contributed by atoms with Gasteiger partial charge in [0.25, 0.3) is 0 Å². The summed E-state index contributed by atoms with van der Waals surface area (Å²) in [6.45, 7) is 0.615. The summed E-state index contributed by atoms with van der Waals surface area (Å²) in [6, 6.07) is 5.46. The first-order chi connectivity index (χ1) is 6.84. The van der Waals surface area contributed by atoms with Crippen LogP contribution in [-0.4, -0.2) is 15.0 Å². The number of aromatic nitrogens is 3. The normalized spacial score (nSPS) is 10.0. The van der Waals surface area contributed by atoms with Crippen molar-refractivity contribution in [3.8, 4) is 0 Å². The zero-order valence-electron chi connectivity index (χ0n) is 7.57. The second-order valence-electron chi connectivity index (χ2n) is 2.84. The van der Waals surface area contributed by atoms with Gasteiger partial charge in [0.15, 0.2) is 0 Å².